The average Bonchev–Trinajstić information content (AvgIpc) is 2.76. The van der Waals surface area contributed by atoms with Crippen LogP contribution in [0.4, 0.5) is 5.69 Å². The Labute approximate surface area is 176 Å². The minimum Gasteiger partial charge on any atom is -0.325 e. The summed E-state index contributed by atoms with van der Waals surface area (Å²) < 4.78 is 2.31. The second-order valence-corrected chi connectivity index (χ2v) is 7.11. The van der Waals surface area contributed by atoms with Gasteiger partial charge in [0.25, 0.3) is 5.56 Å². The molecule has 8 heteroatoms. The Hall–Kier alpha value is -3.71. The molecular weight excluding hydrogens is 404 g/mol. The van der Waals surface area contributed by atoms with Gasteiger partial charge in [0.15, 0.2) is 0 Å². The van der Waals surface area contributed by atoms with E-state index in [0.29, 0.717) is 10.7 Å². The number of benzene rings is 2. The van der Waals surface area contributed by atoms with Crippen molar-refractivity contribution >= 4 is 34.2 Å². The minimum absolute atomic E-state index is 0.0555. The summed E-state index contributed by atoms with van der Waals surface area (Å²) in [4.78, 5) is 42.8. The van der Waals surface area contributed by atoms with Crippen LogP contribution < -0.4 is 16.6 Å². The summed E-state index contributed by atoms with van der Waals surface area (Å²) in [7, 11) is 0. The molecule has 0 saturated carbocycles. The van der Waals surface area contributed by atoms with Crippen LogP contribution in [0, 0.1) is 0 Å². The maximum absolute atomic E-state index is 13.1. The van der Waals surface area contributed by atoms with Crippen molar-refractivity contribution in [3.05, 3.63) is 104 Å². The molecule has 2 heterocycles. The summed E-state index contributed by atoms with van der Waals surface area (Å²) in [5, 5.41) is 3.57. The van der Waals surface area contributed by atoms with Gasteiger partial charge in [0.2, 0.25) is 5.91 Å². The number of para-hydroxylation sites is 1. The maximum Gasteiger partial charge on any atom is 0.333 e. The lowest BCUT2D eigenvalue weighted by Gasteiger charge is -2.13. The zero-order valence-corrected chi connectivity index (χ0v) is 16.5. The summed E-state index contributed by atoms with van der Waals surface area (Å²) in [5.74, 6) is -0.396. The highest BCUT2D eigenvalue weighted by atomic mass is 35.5. The summed E-state index contributed by atoms with van der Waals surface area (Å²) in [6.07, 6.45) is 1.48. The Balaban J connectivity index is 1.76. The fourth-order valence-corrected chi connectivity index (χ4v) is 3.29. The monoisotopic (exact) mass is 420 g/mol. The molecule has 150 valence electrons. The second-order valence-electron chi connectivity index (χ2n) is 6.68. The van der Waals surface area contributed by atoms with Gasteiger partial charge in [0.1, 0.15) is 12.2 Å². The van der Waals surface area contributed by atoms with Gasteiger partial charge in [-0.25, -0.2) is 9.78 Å². The third-order valence-electron chi connectivity index (χ3n) is 4.59. The number of pyridine rings is 1. The van der Waals surface area contributed by atoms with Gasteiger partial charge < -0.3 is 5.32 Å². The highest BCUT2D eigenvalue weighted by Gasteiger charge is 2.16. The molecule has 0 aliphatic carbocycles. The van der Waals surface area contributed by atoms with Gasteiger partial charge >= 0.3 is 5.69 Å². The number of halogens is 1. The molecule has 4 rings (SSSR count). The van der Waals surface area contributed by atoms with Gasteiger partial charge in [0.05, 0.1) is 11.9 Å². The molecule has 0 aliphatic rings. The zero-order valence-electron chi connectivity index (χ0n) is 15.8. The molecule has 0 fully saturated rings. The van der Waals surface area contributed by atoms with E-state index >= 15 is 0 Å². The predicted molar refractivity (Wildman–Crippen MR) is 116 cm³/mol. The van der Waals surface area contributed by atoms with E-state index < -0.39 is 17.2 Å². The lowest BCUT2D eigenvalue weighted by Crippen LogP contribution is -2.42. The molecule has 0 spiro atoms. The Morgan fingerprint density at radius 1 is 0.933 bits per heavy atom. The van der Waals surface area contributed by atoms with Crippen LogP contribution in [0.3, 0.4) is 0 Å². The Bertz CT molecular complexity index is 1330. The molecule has 7 nitrogen and oxygen atoms in total. The number of fused-ring (bicyclic) bond motifs is 1. The van der Waals surface area contributed by atoms with Crippen molar-refractivity contribution in [1.29, 1.82) is 0 Å². The molecule has 4 aromatic rings. The number of hydrogen-bond acceptors (Lipinski definition) is 4. The molecule has 0 unspecified atom stereocenters. The fourth-order valence-electron chi connectivity index (χ4n) is 3.17. The number of hydrogen-bond donors (Lipinski definition) is 1. The van der Waals surface area contributed by atoms with Crippen LogP contribution in [-0.4, -0.2) is 20.0 Å². The second kappa shape index (κ2) is 8.34. The molecular formula is C22H17ClN4O3. The van der Waals surface area contributed by atoms with E-state index in [2.05, 4.69) is 10.3 Å². The first-order chi connectivity index (χ1) is 14.5. The molecule has 30 heavy (non-hydrogen) atoms. The van der Waals surface area contributed by atoms with Crippen molar-refractivity contribution in [3.63, 3.8) is 0 Å². The predicted octanol–water partition coefficient (Wildman–Crippen LogP) is 2.90. The normalized spacial score (nSPS) is 10.8. The Morgan fingerprint density at radius 2 is 1.67 bits per heavy atom. The number of anilines is 1. The topological polar surface area (TPSA) is 86.0 Å². The average molecular weight is 421 g/mol. The minimum atomic E-state index is -0.607. The van der Waals surface area contributed by atoms with Crippen molar-refractivity contribution in [2.75, 3.05) is 5.32 Å². The van der Waals surface area contributed by atoms with Crippen molar-refractivity contribution in [3.8, 4) is 0 Å². The van der Waals surface area contributed by atoms with Crippen LogP contribution in [0.5, 0.6) is 0 Å². The number of nitrogens with one attached hydrogen (secondary N) is 1. The number of nitrogens with zero attached hydrogens (tertiary/aromatic N) is 3. The van der Waals surface area contributed by atoms with Crippen molar-refractivity contribution < 1.29 is 4.79 Å². The first-order valence-electron chi connectivity index (χ1n) is 9.20. The van der Waals surface area contributed by atoms with Gasteiger partial charge in [-0.1, -0.05) is 41.9 Å². The SMILES string of the molecule is O=C(Cn1c(=O)n(Cc2ccc(Cl)cc2)c(=O)c2cccnc21)Nc1ccccc1. The molecule has 0 atom stereocenters. The molecule has 0 aliphatic heterocycles. The third kappa shape index (κ3) is 4.01. The number of aromatic nitrogens is 3. The summed E-state index contributed by atoms with van der Waals surface area (Å²) in [6, 6.07) is 19.0. The first-order valence-corrected chi connectivity index (χ1v) is 9.58. The van der Waals surface area contributed by atoms with Crippen molar-refractivity contribution in [2.24, 2.45) is 0 Å². The number of amides is 1. The highest BCUT2D eigenvalue weighted by molar-refractivity contribution is 6.30. The van der Waals surface area contributed by atoms with E-state index in [1.807, 2.05) is 6.07 Å². The zero-order chi connectivity index (χ0) is 21.1. The van der Waals surface area contributed by atoms with E-state index in [-0.39, 0.29) is 24.1 Å². The van der Waals surface area contributed by atoms with Crippen LogP contribution in [0.2, 0.25) is 5.02 Å². The van der Waals surface area contributed by atoms with E-state index in [1.165, 1.54) is 10.8 Å². The quantitative estimate of drug-likeness (QED) is 0.538. The van der Waals surface area contributed by atoms with Crippen LogP contribution >= 0.6 is 11.6 Å². The van der Waals surface area contributed by atoms with Crippen LogP contribution in [-0.2, 0) is 17.9 Å². The smallest absolute Gasteiger partial charge is 0.325 e. The van der Waals surface area contributed by atoms with Crippen molar-refractivity contribution in [2.45, 2.75) is 13.1 Å². The van der Waals surface area contributed by atoms with Crippen LogP contribution in [0.25, 0.3) is 11.0 Å². The number of carbonyl (C=O) groups is 1. The molecule has 0 saturated heterocycles. The van der Waals surface area contributed by atoms with Gasteiger partial charge in [-0.15, -0.1) is 0 Å². The van der Waals surface area contributed by atoms with Crippen molar-refractivity contribution in [1.82, 2.24) is 14.1 Å². The van der Waals surface area contributed by atoms with E-state index in [1.54, 1.807) is 60.7 Å². The van der Waals surface area contributed by atoms with Gasteiger partial charge in [-0.3, -0.25) is 18.7 Å². The lowest BCUT2D eigenvalue weighted by atomic mass is 10.2. The third-order valence-corrected chi connectivity index (χ3v) is 4.84. The molecule has 2 aromatic carbocycles. The molecule has 2 aromatic heterocycles. The van der Waals surface area contributed by atoms with E-state index in [9.17, 15) is 14.4 Å². The Morgan fingerprint density at radius 3 is 2.40 bits per heavy atom. The largest absolute Gasteiger partial charge is 0.333 e. The molecule has 0 bridgehead atoms. The molecule has 1 N–H and O–H groups in total. The number of carbonyl (C=O) groups excluding carboxylic acids is 1. The van der Waals surface area contributed by atoms with Crippen LogP contribution in [0.1, 0.15) is 5.56 Å². The standard InChI is InChI=1S/C22H17ClN4O3/c23-16-10-8-15(9-11-16)13-27-21(29)18-7-4-12-24-20(18)26(22(27)30)14-19(28)25-17-5-2-1-3-6-17/h1-12H,13-14H2,(H,25,28). The Kier molecular flexibility index (Phi) is 5.45. The summed E-state index contributed by atoms with van der Waals surface area (Å²) in [5.41, 5.74) is 0.453. The van der Waals surface area contributed by atoms with Gasteiger partial charge in [-0.05, 0) is 42.0 Å². The van der Waals surface area contributed by atoms with Crippen LogP contribution in [0.15, 0.2) is 82.5 Å². The summed E-state index contributed by atoms with van der Waals surface area (Å²) >= 11 is 5.92. The molecule has 1 amide bonds. The lowest BCUT2D eigenvalue weighted by molar-refractivity contribution is -0.116. The van der Waals surface area contributed by atoms with E-state index in [0.717, 1.165) is 10.1 Å². The maximum atomic E-state index is 13.1. The van der Waals surface area contributed by atoms with E-state index in [4.69, 9.17) is 11.6 Å². The fraction of sp³-hybridized carbons (Fsp3) is 0.0909. The first kappa shape index (κ1) is 19.6. The van der Waals surface area contributed by atoms with Gasteiger partial charge in [0, 0.05) is 16.9 Å². The molecule has 0 radical (unpaired) electrons. The highest BCUT2D eigenvalue weighted by Crippen LogP contribution is 2.11. The number of rotatable bonds is 5. The summed E-state index contributed by atoms with van der Waals surface area (Å²) in [6.45, 7) is -0.220. The van der Waals surface area contributed by atoms with Gasteiger partial charge in [-0.2, -0.15) is 0 Å².